The summed E-state index contributed by atoms with van der Waals surface area (Å²) in [6, 6.07) is 6.72. The number of nitrogens with one attached hydrogen (secondary N) is 2. The van der Waals surface area contributed by atoms with E-state index in [4.69, 9.17) is 25.7 Å². The fourth-order valence-electron chi connectivity index (χ4n) is 3.22. The third kappa shape index (κ3) is 13.9. The Balaban J connectivity index is 0.00000139. The largest absolute Gasteiger partial charge is 0.496 e. The molecule has 7 N–H and O–H groups in total. The van der Waals surface area contributed by atoms with E-state index in [1.807, 2.05) is 52.8 Å². The summed E-state index contributed by atoms with van der Waals surface area (Å²) in [6.07, 6.45) is 1.66. The number of aryl methyl sites for hydroxylation is 1. The van der Waals surface area contributed by atoms with Gasteiger partial charge in [-0.1, -0.05) is 52.8 Å². The van der Waals surface area contributed by atoms with Crippen LogP contribution in [0.4, 0.5) is 0 Å². The molecule has 1 heterocycles. The molecular formula is C27H44N6O6. The number of carboxylic acid groups (broad SMARTS) is 1. The predicted molar refractivity (Wildman–Crippen MR) is 151 cm³/mol. The molecule has 1 atom stereocenters. The third-order valence-electron chi connectivity index (χ3n) is 4.83. The Bertz CT molecular complexity index is 1060. The van der Waals surface area contributed by atoms with E-state index in [1.165, 1.54) is 0 Å². The lowest BCUT2D eigenvalue weighted by molar-refractivity contribution is -0.135. The van der Waals surface area contributed by atoms with Gasteiger partial charge in [0.1, 0.15) is 24.1 Å². The van der Waals surface area contributed by atoms with Crippen molar-refractivity contribution in [2.75, 3.05) is 20.2 Å². The van der Waals surface area contributed by atoms with Gasteiger partial charge < -0.3 is 36.4 Å². The highest BCUT2D eigenvalue weighted by atomic mass is 16.5. The van der Waals surface area contributed by atoms with Crippen LogP contribution in [-0.4, -0.2) is 54.0 Å². The smallest absolute Gasteiger partial charge is 0.322 e. The molecule has 2 rings (SSSR count). The van der Waals surface area contributed by atoms with Gasteiger partial charge in [0.05, 0.1) is 13.5 Å². The van der Waals surface area contributed by atoms with Crippen LogP contribution in [-0.2, 0) is 16.0 Å². The number of ether oxygens (including phenoxy) is 1. The van der Waals surface area contributed by atoms with Gasteiger partial charge in [-0.15, -0.1) is 0 Å². The molecule has 0 saturated carbocycles. The van der Waals surface area contributed by atoms with Crippen molar-refractivity contribution in [2.24, 2.45) is 22.4 Å². The number of carbonyl (C=O) groups is 3. The van der Waals surface area contributed by atoms with Gasteiger partial charge in [0.15, 0.2) is 11.7 Å². The third-order valence-corrected chi connectivity index (χ3v) is 4.83. The number of amides is 2. The molecule has 1 aromatic heterocycles. The number of guanidine groups is 1. The molecule has 0 aliphatic rings. The predicted octanol–water partition coefficient (Wildman–Crippen LogP) is 2.95. The van der Waals surface area contributed by atoms with E-state index in [1.54, 1.807) is 20.1 Å². The number of hydrogen-bond acceptors (Lipinski definition) is 7. The molecule has 0 saturated heterocycles. The number of carbonyl (C=O) groups excluding carboxylic acids is 2. The second kappa shape index (κ2) is 19.0. The summed E-state index contributed by atoms with van der Waals surface area (Å²) in [5.74, 6) is -0.564. The van der Waals surface area contributed by atoms with Crippen molar-refractivity contribution in [3.63, 3.8) is 0 Å². The van der Waals surface area contributed by atoms with E-state index < -0.39 is 24.5 Å². The van der Waals surface area contributed by atoms with Crippen LogP contribution in [0.3, 0.4) is 0 Å². The summed E-state index contributed by atoms with van der Waals surface area (Å²) < 4.78 is 10.9. The van der Waals surface area contributed by atoms with E-state index >= 15 is 0 Å². The molecule has 0 radical (unpaired) electrons. The first-order valence-corrected chi connectivity index (χ1v) is 12.9. The van der Waals surface area contributed by atoms with Crippen LogP contribution < -0.4 is 26.8 Å². The van der Waals surface area contributed by atoms with E-state index in [9.17, 15) is 14.4 Å². The van der Waals surface area contributed by atoms with E-state index in [0.29, 0.717) is 12.2 Å². The zero-order chi connectivity index (χ0) is 30.0. The minimum Gasteiger partial charge on any atom is -0.496 e. The van der Waals surface area contributed by atoms with Crippen LogP contribution in [0.25, 0.3) is 0 Å². The quantitative estimate of drug-likeness (QED) is 0.196. The normalized spacial score (nSPS) is 10.7. The molecular weight excluding hydrogens is 504 g/mol. The second-order valence-corrected chi connectivity index (χ2v) is 8.58. The molecule has 12 nitrogen and oxygen atoms in total. The number of aliphatic carboxylic acids is 1. The van der Waals surface area contributed by atoms with Crippen molar-refractivity contribution in [2.45, 2.75) is 66.8 Å². The number of carboxylic acids is 1. The molecule has 0 bridgehead atoms. The molecule has 0 aliphatic heterocycles. The number of nitrogens with zero attached hydrogens (tertiary/aromatic N) is 2. The molecule has 0 aliphatic carbocycles. The van der Waals surface area contributed by atoms with Crippen LogP contribution in [0.2, 0.25) is 0 Å². The van der Waals surface area contributed by atoms with Crippen molar-refractivity contribution in [1.82, 2.24) is 15.6 Å². The highest BCUT2D eigenvalue weighted by Crippen LogP contribution is 2.24. The number of oxazole rings is 1. The number of benzene rings is 1. The monoisotopic (exact) mass is 548 g/mol. The summed E-state index contributed by atoms with van der Waals surface area (Å²) in [5, 5.41) is 13.9. The highest BCUT2D eigenvalue weighted by Gasteiger charge is 2.25. The standard InChI is InChI=1S/C21H27N3O6.C4H11N3.C2H6/c1-12(2)9-15(23-17(25)10-14-7-5-6-8-16(14)29-4)21-24-19(13(3)30-21)20(28)22-11-18(26)27;1-2-3-7-4(5)6;1-2/h5-8,12,15H,9-11H2,1-4H3,(H,22,28)(H,23,25)(H,26,27);2-3H2,1H3,(H4,5,6,7);1-2H3. The summed E-state index contributed by atoms with van der Waals surface area (Å²) >= 11 is 0. The molecule has 1 unspecified atom stereocenters. The topological polar surface area (TPSA) is 195 Å². The maximum absolute atomic E-state index is 12.7. The van der Waals surface area contributed by atoms with Crippen molar-refractivity contribution in [3.8, 4) is 5.75 Å². The zero-order valence-corrected chi connectivity index (χ0v) is 24.0. The molecule has 1 aromatic carbocycles. The van der Waals surface area contributed by atoms with Gasteiger partial charge >= 0.3 is 5.97 Å². The average Bonchev–Trinajstić information content (AvgIpc) is 3.28. The zero-order valence-electron chi connectivity index (χ0n) is 24.0. The highest BCUT2D eigenvalue weighted by molar-refractivity contribution is 5.94. The fraction of sp³-hybridized carbons (Fsp3) is 0.519. The molecule has 0 fully saturated rings. The Morgan fingerprint density at radius 3 is 2.33 bits per heavy atom. The number of methoxy groups -OCH3 is 1. The Morgan fingerprint density at radius 1 is 1.18 bits per heavy atom. The van der Waals surface area contributed by atoms with Crippen LogP contribution in [0.1, 0.15) is 81.2 Å². The van der Waals surface area contributed by atoms with E-state index in [0.717, 1.165) is 18.5 Å². The van der Waals surface area contributed by atoms with E-state index in [-0.39, 0.29) is 41.6 Å². The molecule has 39 heavy (non-hydrogen) atoms. The Labute approximate surface area is 230 Å². The summed E-state index contributed by atoms with van der Waals surface area (Å²) in [5.41, 5.74) is 10.8. The lowest BCUT2D eigenvalue weighted by Gasteiger charge is -2.18. The number of nitrogens with two attached hydrogens (primary N) is 2. The number of aromatic nitrogens is 1. The van der Waals surface area contributed by atoms with Gasteiger partial charge in [0.2, 0.25) is 11.8 Å². The lowest BCUT2D eigenvalue weighted by atomic mass is 10.0. The minimum absolute atomic E-state index is 0.000941. The minimum atomic E-state index is -1.16. The molecule has 2 amide bonds. The van der Waals surface area contributed by atoms with Gasteiger partial charge in [0, 0.05) is 12.1 Å². The number of aliphatic imine (C=N–C) groups is 1. The van der Waals surface area contributed by atoms with Gasteiger partial charge in [-0.25, -0.2) is 4.98 Å². The molecule has 0 spiro atoms. The summed E-state index contributed by atoms with van der Waals surface area (Å²) in [6.45, 7) is 11.8. The first kappa shape index (κ1) is 34.9. The van der Waals surface area contributed by atoms with E-state index in [2.05, 4.69) is 20.6 Å². The van der Waals surface area contributed by atoms with Crippen LogP contribution in [0.5, 0.6) is 5.75 Å². The van der Waals surface area contributed by atoms with Crippen molar-refractivity contribution in [1.29, 1.82) is 0 Å². The Hall–Kier alpha value is -4.09. The number of hydrogen-bond donors (Lipinski definition) is 5. The second-order valence-electron chi connectivity index (χ2n) is 8.58. The summed E-state index contributed by atoms with van der Waals surface area (Å²) in [4.78, 5) is 43.4. The maximum atomic E-state index is 12.7. The molecule has 2 aromatic rings. The number of rotatable bonds is 12. The van der Waals surface area contributed by atoms with Crippen molar-refractivity contribution >= 4 is 23.7 Å². The van der Waals surface area contributed by atoms with Crippen LogP contribution >= 0.6 is 0 Å². The number of para-hydroxylation sites is 1. The SMILES string of the molecule is CC.CCCN=C(N)N.COc1ccccc1CC(=O)NC(CC(C)C)c1nc(C(=O)NCC(=O)O)c(C)o1. The first-order valence-electron chi connectivity index (χ1n) is 12.9. The fourth-order valence-corrected chi connectivity index (χ4v) is 3.22. The average molecular weight is 549 g/mol. The van der Waals surface area contributed by atoms with Gasteiger partial charge in [-0.3, -0.25) is 19.4 Å². The lowest BCUT2D eigenvalue weighted by Crippen LogP contribution is -2.32. The van der Waals surface area contributed by atoms with Crippen molar-refractivity contribution in [3.05, 3.63) is 47.2 Å². The van der Waals surface area contributed by atoms with Crippen LogP contribution in [0, 0.1) is 12.8 Å². The Kier molecular flexibility index (Phi) is 17.1. The van der Waals surface area contributed by atoms with Crippen LogP contribution in [0.15, 0.2) is 33.7 Å². The Morgan fingerprint density at radius 2 is 1.82 bits per heavy atom. The molecule has 218 valence electrons. The summed E-state index contributed by atoms with van der Waals surface area (Å²) in [7, 11) is 1.55. The van der Waals surface area contributed by atoms with Gasteiger partial charge in [-0.05, 0) is 31.7 Å². The van der Waals surface area contributed by atoms with Gasteiger partial charge in [-0.2, -0.15) is 0 Å². The molecule has 12 heteroatoms. The first-order chi connectivity index (χ1) is 18.5. The maximum Gasteiger partial charge on any atom is 0.322 e. The van der Waals surface area contributed by atoms with Crippen molar-refractivity contribution < 1.29 is 28.6 Å². The van der Waals surface area contributed by atoms with Gasteiger partial charge in [0.25, 0.3) is 5.91 Å².